The van der Waals surface area contributed by atoms with Crippen LogP contribution in [-0.2, 0) is 23.1 Å². The molecule has 162 valence electrons. The zero-order valence-corrected chi connectivity index (χ0v) is 17.7. The second-order valence-corrected chi connectivity index (χ2v) is 9.11. The van der Waals surface area contributed by atoms with Crippen molar-refractivity contribution in [2.75, 3.05) is 17.6 Å². The van der Waals surface area contributed by atoms with Gasteiger partial charge in [-0.3, -0.25) is 14.5 Å². The van der Waals surface area contributed by atoms with Gasteiger partial charge in [-0.2, -0.15) is 0 Å². The molecule has 1 aliphatic heterocycles. The number of aromatic nitrogens is 1. The number of hydrogen-bond donors (Lipinski definition) is 2. The van der Waals surface area contributed by atoms with Gasteiger partial charge in [0.25, 0.3) is 5.91 Å². The van der Waals surface area contributed by atoms with E-state index in [2.05, 4.69) is 9.71 Å². The smallest absolute Gasteiger partial charge is 0.258 e. The van der Waals surface area contributed by atoms with E-state index < -0.39 is 21.7 Å². The molecule has 0 bridgehead atoms. The summed E-state index contributed by atoms with van der Waals surface area (Å²) in [7, 11) is -2.26. The molecule has 31 heavy (non-hydrogen) atoms. The molecule has 0 saturated carbocycles. The zero-order valence-electron chi connectivity index (χ0n) is 16.8. The number of halogens is 1. The monoisotopic (exact) mass is 445 g/mol. The summed E-state index contributed by atoms with van der Waals surface area (Å²) in [6, 6.07) is 7.26. The van der Waals surface area contributed by atoms with E-state index in [1.165, 1.54) is 43.3 Å². The number of benzene rings is 2. The fraction of sp³-hybridized carbons (Fsp3) is 0.238. The number of methoxy groups -OCH3 is 1. The number of ether oxygens (including phenoxy) is 1. The maximum absolute atomic E-state index is 13.5. The summed E-state index contributed by atoms with van der Waals surface area (Å²) in [4.78, 5) is 18.7. The summed E-state index contributed by atoms with van der Waals surface area (Å²) in [5.74, 6) is -1.13. The second-order valence-electron chi connectivity index (χ2n) is 7.10. The largest absolute Gasteiger partial charge is 0.505 e. The minimum Gasteiger partial charge on any atom is -0.505 e. The molecule has 0 radical (unpaired) electrons. The van der Waals surface area contributed by atoms with Crippen molar-refractivity contribution in [3.05, 3.63) is 59.0 Å². The first-order chi connectivity index (χ1) is 14.8. The number of rotatable bonds is 6. The van der Waals surface area contributed by atoms with Crippen LogP contribution in [0.25, 0.3) is 10.9 Å². The minimum absolute atomic E-state index is 0.00100. The van der Waals surface area contributed by atoms with E-state index in [4.69, 9.17) is 4.74 Å². The van der Waals surface area contributed by atoms with E-state index in [0.29, 0.717) is 16.5 Å². The Hall–Kier alpha value is -3.40. The Morgan fingerprint density at radius 1 is 1.32 bits per heavy atom. The number of hydrogen-bond acceptors (Lipinski definition) is 6. The van der Waals surface area contributed by atoms with E-state index in [0.717, 1.165) is 0 Å². The molecular formula is C21H20FN3O5S. The van der Waals surface area contributed by atoms with Crippen LogP contribution >= 0.6 is 0 Å². The number of phenols is 1. The van der Waals surface area contributed by atoms with Crippen LogP contribution in [-0.4, -0.2) is 42.2 Å². The van der Waals surface area contributed by atoms with Gasteiger partial charge in [0, 0.05) is 41.9 Å². The number of aromatic hydroxyl groups is 1. The van der Waals surface area contributed by atoms with Gasteiger partial charge >= 0.3 is 0 Å². The number of pyridine rings is 1. The van der Waals surface area contributed by atoms with Crippen molar-refractivity contribution >= 4 is 32.5 Å². The highest BCUT2D eigenvalue weighted by molar-refractivity contribution is 7.92. The van der Waals surface area contributed by atoms with Crippen LogP contribution in [0.4, 0.5) is 10.1 Å². The number of carbonyl (C=O) groups is 1. The van der Waals surface area contributed by atoms with Gasteiger partial charge in [0.05, 0.1) is 24.1 Å². The quantitative estimate of drug-likeness (QED) is 0.565. The van der Waals surface area contributed by atoms with Crippen molar-refractivity contribution in [2.45, 2.75) is 20.0 Å². The van der Waals surface area contributed by atoms with Gasteiger partial charge in [0.15, 0.2) is 5.75 Å². The molecule has 0 aliphatic carbocycles. The SMILES string of the molecule is CCS(=O)(=O)Nc1c2c(c(O)c3ncccc13)C(=O)N(Cc1ccc(F)cc1OC)C2. The molecular weight excluding hydrogens is 425 g/mol. The van der Waals surface area contributed by atoms with E-state index in [1.54, 1.807) is 12.1 Å². The number of sulfonamides is 1. The summed E-state index contributed by atoms with van der Waals surface area (Å²) < 4.78 is 45.9. The third-order valence-electron chi connectivity index (χ3n) is 5.24. The van der Waals surface area contributed by atoms with Crippen LogP contribution in [0.1, 0.15) is 28.4 Å². The van der Waals surface area contributed by atoms with Gasteiger partial charge in [-0.15, -0.1) is 0 Å². The van der Waals surface area contributed by atoms with Gasteiger partial charge in [0.1, 0.15) is 17.1 Å². The van der Waals surface area contributed by atoms with Crippen LogP contribution in [0.2, 0.25) is 0 Å². The molecule has 8 nitrogen and oxygen atoms in total. The molecule has 0 saturated heterocycles. The summed E-state index contributed by atoms with van der Waals surface area (Å²) in [5, 5.41) is 11.2. The van der Waals surface area contributed by atoms with Crippen molar-refractivity contribution in [3.63, 3.8) is 0 Å². The first-order valence-electron chi connectivity index (χ1n) is 9.50. The number of anilines is 1. The van der Waals surface area contributed by atoms with Crippen molar-refractivity contribution in [1.82, 2.24) is 9.88 Å². The fourth-order valence-electron chi connectivity index (χ4n) is 3.68. The highest BCUT2D eigenvalue weighted by Gasteiger charge is 2.36. The Labute approximate surface area is 178 Å². The van der Waals surface area contributed by atoms with Crippen LogP contribution in [0.3, 0.4) is 0 Å². The highest BCUT2D eigenvalue weighted by atomic mass is 32.2. The molecule has 2 heterocycles. The maximum atomic E-state index is 13.5. The van der Waals surface area contributed by atoms with Crippen LogP contribution < -0.4 is 9.46 Å². The third-order valence-corrected chi connectivity index (χ3v) is 6.51. The summed E-state index contributed by atoms with van der Waals surface area (Å²) in [6.07, 6.45) is 1.45. The standard InChI is InChI=1S/C21H20FN3O5S/c1-3-31(28,29)24-18-14-5-4-8-23-19(14)20(26)17-15(18)11-25(21(17)27)10-12-6-7-13(22)9-16(12)30-2/h4-9,24,26H,3,10-11H2,1-2H3. The zero-order chi connectivity index (χ0) is 22.3. The molecule has 1 amide bonds. The molecule has 10 heteroatoms. The third kappa shape index (κ3) is 3.63. The van der Waals surface area contributed by atoms with Gasteiger partial charge < -0.3 is 14.7 Å². The van der Waals surface area contributed by atoms with Gasteiger partial charge in [-0.25, -0.2) is 12.8 Å². The lowest BCUT2D eigenvalue weighted by atomic mass is 10.0. The number of nitrogens with one attached hydrogen (secondary N) is 1. The van der Waals surface area contributed by atoms with Gasteiger partial charge in [-0.1, -0.05) is 6.07 Å². The van der Waals surface area contributed by atoms with Gasteiger partial charge in [0.2, 0.25) is 10.0 Å². The average molecular weight is 445 g/mol. The summed E-state index contributed by atoms with van der Waals surface area (Å²) in [5.41, 5.74) is 1.29. The number of amides is 1. The predicted molar refractivity (Wildman–Crippen MR) is 113 cm³/mol. The summed E-state index contributed by atoms with van der Waals surface area (Å²) >= 11 is 0. The Kier molecular flexibility index (Phi) is 5.18. The van der Waals surface area contributed by atoms with Crippen LogP contribution in [0.5, 0.6) is 11.5 Å². The Morgan fingerprint density at radius 2 is 2.10 bits per heavy atom. The molecule has 1 aromatic heterocycles. The minimum atomic E-state index is -3.66. The summed E-state index contributed by atoms with van der Waals surface area (Å²) in [6.45, 7) is 1.64. The molecule has 1 aliphatic rings. The van der Waals surface area contributed by atoms with E-state index in [9.17, 15) is 22.7 Å². The molecule has 2 aromatic carbocycles. The molecule has 2 N–H and O–H groups in total. The molecule has 3 aromatic rings. The fourth-order valence-corrected chi connectivity index (χ4v) is 4.37. The van der Waals surface area contributed by atoms with Crippen LogP contribution in [0.15, 0.2) is 36.5 Å². The average Bonchev–Trinajstić information content (AvgIpc) is 3.08. The Morgan fingerprint density at radius 3 is 2.81 bits per heavy atom. The maximum Gasteiger partial charge on any atom is 0.258 e. The van der Waals surface area contributed by atoms with E-state index >= 15 is 0 Å². The van der Waals surface area contributed by atoms with Crippen LogP contribution in [0, 0.1) is 5.82 Å². The topological polar surface area (TPSA) is 109 Å². The highest BCUT2D eigenvalue weighted by Crippen LogP contribution is 2.43. The Bertz CT molecular complexity index is 1310. The lowest BCUT2D eigenvalue weighted by molar-refractivity contribution is 0.0763. The normalized spacial score (nSPS) is 13.5. The lowest BCUT2D eigenvalue weighted by Gasteiger charge is -2.18. The molecule has 0 fully saturated rings. The van der Waals surface area contributed by atoms with Crippen molar-refractivity contribution in [3.8, 4) is 11.5 Å². The van der Waals surface area contributed by atoms with Crippen molar-refractivity contribution < 1.29 is 27.4 Å². The van der Waals surface area contributed by atoms with Gasteiger partial charge in [-0.05, 0) is 25.1 Å². The predicted octanol–water partition coefficient (Wildman–Crippen LogP) is 3.01. The number of fused-ring (bicyclic) bond motifs is 2. The van der Waals surface area contributed by atoms with E-state index in [-0.39, 0.29) is 47.1 Å². The lowest BCUT2D eigenvalue weighted by Crippen LogP contribution is -2.23. The molecule has 4 rings (SSSR count). The first kappa shape index (κ1) is 20.9. The molecule has 0 atom stereocenters. The molecule has 0 unspecified atom stereocenters. The number of phenolic OH excluding ortho intramolecular Hbond substituents is 1. The number of nitrogens with zero attached hydrogens (tertiary/aromatic N) is 2. The first-order valence-corrected chi connectivity index (χ1v) is 11.2. The molecule has 0 spiro atoms. The van der Waals surface area contributed by atoms with E-state index in [1.807, 2.05) is 0 Å². The number of carbonyl (C=O) groups excluding carboxylic acids is 1. The second kappa shape index (κ2) is 7.69. The van der Waals surface area contributed by atoms with Crippen molar-refractivity contribution in [2.24, 2.45) is 0 Å². The van der Waals surface area contributed by atoms with Crippen molar-refractivity contribution in [1.29, 1.82) is 0 Å². The Balaban J connectivity index is 1.83.